The number of hydrogen-bond donors (Lipinski definition) is 1. The molecule has 3 nitrogen and oxygen atoms in total. The van der Waals surface area contributed by atoms with Gasteiger partial charge in [-0.2, -0.15) is 0 Å². The Balaban J connectivity index is 1.96. The smallest absolute Gasteiger partial charge is 0.266 e. The van der Waals surface area contributed by atoms with Crippen LogP contribution in [0.2, 0.25) is 0 Å². The summed E-state index contributed by atoms with van der Waals surface area (Å²) in [6.45, 7) is 8.45. The van der Waals surface area contributed by atoms with Crippen molar-refractivity contribution in [2.75, 3.05) is 26.2 Å². The number of thioether (sulfide) groups is 1. The molecule has 5 heteroatoms. The summed E-state index contributed by atoms with van der Waals surface area (Å²) in [4.78, 5) is 16.5. The van der Waals surface area contributed by atoms with Gasteiger partial charge in [0.1, 0.15) is 4.32 Å². The number of hydrogen-bond acceptors (Lipinski definition) is 3. The first-order chi connectivity index (χ1) is 10.7. The van der Waals surface area contributed by atoms with Crippen LogP contribution in [-0.2, 0) is 4.79 Å². The molecule has 1 heterocycles. The molecule has 1 aromatic rings. The SMILES string of the molecule is CC[NH+](CC)CCCN1C(=O)/C(=C/c2ccccc2)SC1=S. The maximum Gasteiger partial charge on any atom is 0.266 e. The van der Waals surface area contributed by atoms with E-state index in [2.05, 4.69) is 13.8 Å². The maximum atomic E-state index is 12.5. The molecule has 0 atom stereocenters. The standard InChI is InChI=1S/C17H22N2OS2/c1-3-18(4-2)11-8-12-19-16(20)15(22-17(19)21)13-14-9-6-5-7-10-14/h5-7,9-10,13H,3-4,8,11-12H2,1-2H3/p+1/b15-13-. The Morgan fingerprint density at radius 2 is 1.91 bits per heavy atom. The summed E-state index contributed by atoms with van der Waals surface area (Å²) in [6.07, 6.45) is 2.91. The Hall–Kier alpha value is -1.17. The topological polar surface area (TPSA) is 24.8 Å². The van der Waals surface area contributed by atoms with Crippen LogP contribution in [0.1, 0.15) is 25.8 Å². The summed E-state index contributed by atoms with van der Waals surface area (Å²) in [6, 6.07) is 9.91. The number of amides is 1. The lowest BCUT2D eigenvalue weighted by atomic mass is 10.2. The monoisotopic (exact) mass is 335 g/mol. The summed E-state index contributed by atoms with van der Waals surface area (Å²) in [5, 5.41) is 0. The second-order valence-corrected chi connectivity index (χ2v) is 6.98. The molecule has 0 aliphatic carbocycles. The van der Waals surface area contributed by atoms with E-state index in [1.165, 1.54) is 11.8 Å². The predicted octanol–water partition coefficient (Wildman–Crippen LogP) is 2.20. The van der Waals surface area contributed by atoms with Crippen LogP contribution in [0.5, 0.6) is 0 Å². The van der Waals surface area contributed by atoms with Crippen molar-refractivity contribution < 1.29 is 9.69 Å². The first-order valence-electron chi connectivity index (χ1n) is 7.79. The van der Waals surface area contributed by atoms with E-state index < -0.39 is 0 Å². The van der Waals surface area contributed by atoms with Crippen molar-refractivity contribution in [1.29, 1.82) is 0 Å². The van der Waals surface area contributed by atoms with Gasteiger partial charge in [0, 0.05) is 13.0 Å². The Kier molecular flexibility index (Phi) is 6.61. The van der Waals surface area contributed by atoms with Crippen molar-refractivity contribution in [1.82, 2.24) is 4.90 Å². The summed E-state index contributed by atoms with van der Waals surface area (Å²) in [5.41, 5.74) is 1.04. The van der Waals surface area contributed by atoms with Gasteiger partial charge in [-0.1, -0.05) is 54.3 Å². The highest BCUT2D eigenvalue weighted by atomic mass is 32.2. The summed E-state index contributed by atoms with van der Waals surface area (Å²) in [7, 11) is 0. The van der Waals surface area contributed by atoms with Gasteiger partial charge in [-0.3, -0.25) is 9.69 Å². The lowest BCUT2D eigenvalue weighted by Crippen LogP contribution is -3.11. The van der Waals surface area contributed by atoms with Crippen LogP contribution in [0.25, 0.3) is 6.08 Å². The molecule has 1 saturated heterocycles. The Bertz CT molecular complexity index is 553. The number of rotatable bonds is 7. The Labute approximate surface area is 142 Å². The highest BCUT2D eigenvalue weighted by Crippen LogP contribution is 2.32. The number of carbonyl (C=O) groups excluding carboxylic acids is 1. The third kappa shape index (κ3) is 4.41. The minimum Gasteiger partial charge on any atom is -0.335 e. The molecule has 1 aliphatic heterocycles. The number of benzene rings is 1. The van der Waals surface area contributed by atoms with Gasteiger partial charge >= 0.3 is 0 Å². The number of nitrogens with one attached hydrogen (secondary N) is 1. The van der Waals surface area contributed by atoms with Crippen molar-refractivity contribution in [2.45, 2.75) is 20.3 Å². The van der Waals surface area contributed by atoms with Crippen LogP contribution in [0.4, 0.5) is 0 Å². The van der Waals surface area contributed by atoms with E-state index >= 15 is 0 Å². The molecule has 1 aromatic carbocycles. The molecular weight excluding hydrogens is 312 g/mol. The maximum absolute atomic E-state index is 12.5. The fraction of sp³-hybridized carbons (Fsp3) is 0.412. The van der Waals surface area contributed by atoms with Crippen LogP contribution in [0.15, 0.2) is 35.2 Å². The van der Waals surface area contributed by atoms with E-state index in [0.29, 0.717) is 4.32 Å². The second-order valence-electron chi connectivity index (χ2n) is 5.30. The third-order valence-electron chi connectivity index (χ3n) is 3.88. The minimum atomic E-state index is 0.0494. The van der Waals surface area contributed by atoms with E-state index in [1.807, 2.05) is 36.4 Å². The van der Waals surface area contributed by atoms with Gasteiger partial charge in [-0.05, 0) is 25.5 Å². The average Bonchev–Trinajstić information content (AvgIpc) is 2.79. The average molecular weight is 336 g/mol. The normalized spacial score (nSPS) is 17.0. The van der Waals surface area contributed by atoms with Gasteiger partial charge in [-0.25, -0.2) is 0 Å². The number of nitrogens with zero attached hydrogens (tertiary/aromatic N) is 1. The molecular formula is C17H23N2OS2+. The molecule has 118 valence electrons. The fourth-order valence-corrected chi connectivity index (χ4v) is 3.79. The lowest BCUT2D eigenvalue weighted by molar-refractivity contribution is -0.896. The van der Waals surface area contributed by atoms with E-state index in [0.717, 1.165) is 43.1 Å². The van der Waals surface area contributed by atoms with Crippen molar-refractivity contribution in [3.63, 3.8) is 0 Å². The molecule has 0 aromatic heterocycles. The van der Waals surface area contributed by atoms with E-state index in [1.54, 1.807) is 9.80 Å². The van der Waals surface area contributed by atoms with Crippen molar-refractivity contribution in [2.24, 2.45) is 0 Å². The van der Waals surface area contributed by atoms with Gasteiger partial charge in [0.2, 0.25) is 0 Å². The largest absolute Gasteiger partial charge is 0.335 e. The van der Waals surface area contributed by atoms with Crippen molar-refractivity contribution in [3.05, 3.63) is 40.8 Å². The number of thiocarbonyl (C=S) groups is 1. The Morgan fingerprint density at radius 1 is 1.23 bits per heavy atom. The lowest BCUT2D eigenvalue weighted by Gasteiger charge is -2.18. The first kappa shape index (κ1) is 17.2. The molecule has 1 amide bonds. The van der Waals surface area contributed by atoms with E-state index in [4.69, 9.17) is 12.2 Å². The number of quaternary nitrogens is 1. The highest BCUT2D eigenvalue weighted by molar-refractivity contribution is 8.26. The summed E-state index contributed by atoms with van der Waals surface area (Å²) in [5.74, 6) is 0.0494. The van der Waals surface area contributed by atoms with Crippen LogP contribution in [0.3, 0.4) is 0 Å². The molecule has 1 fully saturated rings. The quantitative estimate of drug-likeness (QED) is 0.611. The summed E-state index contributed by atoms with van der Waals surface area (Å²) < 4.78 is 0.682. The third-order valence-corrected chi connectivity index (χ3v) is 5.26. The van der Waals surface area contributed by atoms with Crippen LogP contribution in [-0.4, -0.2) is 41.3 Å². The molecule has 0 spiro atoms. The van der Waals surface area contributed by atoms with Crippen molar-refractivity contribution >= 4 is 40.3 Å². The van der Waals surface area contributed by atoms with Crippen molar-refractivity contribution in [3.8, 4) is 0 Å². The molecule has 0 bridgehead atoms. The van der Waals surface area contributed by atoms with E-state index in [9.17, 15) is 4.79 Å². The molecule has 1 aliphatic rings. The minimum absolute atomic E-state index is 0.0494. The predicted molar refractivity (Wildman–Crippen MR) is 97.8 cm³/mol. The Morgan fingerprint density at radius 3 is 2.55 bits per heavy atom. The van der Waals surface area contributed by atoms with Crippen LogP contribution >= 0.6 is 24.0 Å². The molecule has 2 rings (SSSR count). The molecule has 0 saturated carbocycles. The van der Waals surface area contributed by atoms with Gasteiger partial charge in [0.05, 0.1) is 24.5 Å². The molecule has 1 N–H and O–H groups in total. The first-order valence-corrected chi connectivity index (χ1v) is 9.02. The molecule has 0 unspecified atom stereocenters. The summed E-state index contributed by atoms with van der Waals surface area (Å²) >= 11 is 6.78. The highest BCUT2D eigenvalue weighted by Gasteiger charge is 2.31. The second kappa shape index (κ2) is 8.46. The fourth-order valence-electron chi connectivity index (χ4n) is 2.48. The van der Waals surface area contributed by atoms with E-state index in [-0.39, 0.29) is 5.91 Å². The zero-order valence-electron chi connectivity index (χ0n) is 13.2. The van der Waals surface area contributed by atoms with Gasteiger partial charge < -0.3 is 4.90 Å². The zero-order valence-corrected chi connectivity index (χ0v) is 14.8. The van der Waals surface area contributed by atoms with Crippen LogP contribution < -0.4 is 4.90 Å². The van der Waals surface area contributed by atoms with Crippen LogP contribution in [0, 0.1) is 0 Å². The number of carbonyl (C=O) groups is 1. The van der Waals surface area contributed by atoms with Gasteiger partial charge in [-0.15, -0.1) is 0 Å². The molecule has 0 radical (unpaired) electrons. The zero-order chi connectivity index (χ0) is 15.9. The van der Waals surface area contributed by atoms with Gasteiger partial charge in [0.15, 0.2) is 0 Å². The van der Waals surface area contributed by atoms with Gasteiger partial charge in [0.25, 0.3) is 5.91 Å². The molecule has 22 heavy (non-hydrogen) atoms.